The minimum Gasteiger partial charge on any atom is -0.371 e. The normalized spacial score (nSPS) is 12.8. The molecule has 1 aromatic heterocycles. The lowest BCUT2D eigenvalue weighted by atomic mass is 10.2. The number of aromatic nitrogens is 2. The number of halogens is 2. The minimum atomic E-state index is -0.0508. The zero-order valence-corrected chi connectivity index (χ0v) is 13.4. The summed E-state index contributed by atoms with van der Waals surface area (Å²) in [5.41, 5.74) is 1.03. The van der Waals surface area contributed by atoms with Gasteiger partial charge in [0.05, 0.1) is 9.26 Å². The van der Waals surface area contributed by atoms with Crippen LogP contribution in [0.4, 0.5) is 0 Å². The molecule has 0 aromatic carbocycles. The van der Waals surface area contributed by atoms with Crippen molar-refractivity contribution < 1.29 is 4.74 Å². The largest absolute Gasteiger partial charge is 0.371 e. The molecule has 1 atom stereocenters. The summed E-state index contributed by atoms with van der Waals surface area (Å²) in [6.45, 7) is 6.83. The van der Waals surface area contributed by atoms with E-state index < -0.39 is 0 Å². The van der Waals surface area contributed by atoms with E-state index in [0.717, 1.165) is 28.5 Å². The zero-order valence-electron chi connectivity index (χ0n) is 10.5. The number of aryl methyl sites for hydroxylation is 1. The Hall–Kier alpha value is 0.0600. The van der Waals surface area contributed by atoms with Crippen molar-refractivity contribution in [3.05, 3.63) is 20.2 Å². The maximum absolute atomic E-state index is 6.14. The first-order valence-electron chi connectivity index (χ1n) is 5.97. The summed E-state index contributed by atoms with van der Waals surface area (Å²) in [7, 11) is 0. The van der Waals surface area contributed by atoms with E-state index >= 15 is 0 Å². The summed E-state index contributed by atoms with van der Waals surface area (Å²) < 4.78 is 6.58. The topological polar surface area (TPSA) is 35.0 Å². The Morgan fingerprint density at radius 2 is 2.00 bits per heavy atom. The third-order valence-electron chi connectivity index (χ3n) is 2.41. The van der Waals surface area contributed by atoms with Crippen molar-refractivity contribution >= 4 is 34.2 Å². The Balaban J connectivity index is 3.07. The first kappa shape index (κ1) is 15.1. The summed E-state index contributed by atoms with van der Waals surface area (Å²) in [6, 6.07) is 0. The molecule has 0 aliphatic heterocycles. The molecule has 17 heavy (non-hydrogen) atoms. The van der Waals surface area contributed by atoms with Gasteiger partial charge in [-0.1, -0.05) is 31.9 Å². The molecule has 3 nitrogen and oxygen atoms in total. The second kappa shape index (κ2) is 7.48. The lowest BCUT2D eigenvalue weighted by Gasteiger charge is -2.15. The van der Waals surface area contributed by atoms with Gasteiger partial charge in [0.1, 0.15) is 11.3 Å². The average molecular weight is 369 g/mol. The molecule has 1 heterocycles. The molecule has 0 bridgehead atoms. The predicted octanol–water partition coefficient (Wildman–Crippen LogP) is 4.17. The monoisotopic (exact) mass is 368 g/mol. The van der Waals surface area contributed by atoms with Crippen LogP contribution in [0.5, 0.6) is 0 Å². The van der Waals surface area contributed by atoms with Gasteiger partial charge in [-0.25, -0.2) is 9.97 Å². The third-order valence-corrected chi connectivity index (χ3v) is 4.14. The van der Waals surface area contributed by atoms with Gasteiger partial charge in [-0.3, -0.25) is 0 Å². The van der Waals surface area contributed by atoms with Crippen LogP contribution >= 0.6 is 34.2 Å². The second-order valence-electron chi connectivity index (χ2n) is 3.74. The van der Waals surface area contributed by atoms with E-state index in [-0.39, 0.29) is 6.10 Å². The van der Waals surface area contributed by atoms with Crippen LogP contribution in [-0.4, -0.2) is 16.6 Å². The minimum absolute atomic E-state index is 0.0508. The maximum Gasteiger partial charge on any atom is 0.159 e. The van der Waals surface area contributed by atoms with Crippen LogP contribution in [0, 0.1) is 3.57 Å². The van der Waals surface area contributed by atoms with E-state index in [9.17, 15) is 0 Å². The number of ether oxygens (including phenoxy) is 1. The first-order valence-corrected chi connectivity index (χ1v) is 7.43. The summed E-state index contributed by atoms with van der Waals surface area (Å²) in [5.74, 6) is 0.711. The molecule has 0 saturated carbocycles. The van der Waals surface area contributed by atoms with Gasteiger partial charge in [-0.2, -0.15) is 0 Å². The van der Waals surface area contributed by atoms with Crippen LogP contribution in [0.2, 0.25) is 5.15 Å². The Bertz CT molecular complexity index is 374. The van der Waals surface area contributed by atoms with Gasteiger partial charge in [0.2, 0.25) is 0 Å². The Morgan fingerprint density at radius 3 is 2.53 bits per heavy atom. The molecule has 0 N–H and O–H groups in total. The fraction of sp³-hybridized carbons (Fsp3) is 0.667. The fourth-order valence-electron chi connectivity index (χ4n) is 1.60. The molecule has 1 rings (SSSR count). The van der Waals surface area contributed by atoms with Crippen molar-refractivity contribution in [2.45, 2.75) is 46.1 Å². The highest BCUT2D eigenvalue weighted by Crippen LogP contribution is 2.25. The smallest absolute Gasteiger partial charge is 0.159 e. The van der Waals surface area contributed by atoms with Gasteiger partial charge >= 0.3 is 0 Å². The van der Waals surface area contributed by atoms with E-state index in [1.54, 1.807) is 0 Å². The van der Waals surface area contributed by atoms with Gasteiger partial charge in [0.15, 0.2) is 5.82 Å². The highest BCUT2D eigenvalue weighted by Gasteiger charge is 2.17. The second-order valence-corrected chi connectivity index (χ2v) is 5.17. The number of rotatable bonds is 6. The van der Waals surface area contributed by atoms with Gasteiger partial charge in [0.25, 0.3) is 0 Å². The average Bonchev–Trinajstić information content (AvgIpc) is 2.32. The molecule has 5 heteroatoms. The highest BCUT2D eigenvalue weighted by atomic mass is 127. The fourth-order valence-corrected chi connectivity index (χ4v) is 2.31. The van der Waals surface area contributed by atoms with E-state index in [1.165, 1.54) is 0 Å². The van der Waals surface area contributed by atoms with Crippen molar-refractivity contribution in [2.24, 2.45) is 0 Å². The van der Waals surface area contributed by atoms with E-state index in [4.69, 9.17) is 16.3 Å². The van der Waals surface area contributed by atoms with Gasteiger partial charge in [0, 0.05) is 6.61 Å². The number of nitrogens with zero attached hydrogens (tertiary/aromatic N) is 2. The molecule has 0 spiro atoms. The molecule has 0 aliphatic rings. The Labute approximate surface area is 121 Å². The predicted molar refractivity (Wildman–Crippen MR) is 78.4 cm³/mol. The van der Waals surface area contributed by atoms with Crippen LogP contribution in [0.1, 0.15) is 51.2 Å². The lowest BCUT2D eigenvalue weighted by Crippen LogP contribution is -2.11. The SMILES string of the molecule is CCCc1nc(C(CC)OCC)nc(Cl)c1I. The quantitative estimate of drug-likeness (QED) is 0.558. The molecule has 1 unspecified atom stereocenters. The first-order chi connectivity index (χ1) is 8.13. The van der Waals surface area contributed by atoms with Crippen molar-refractivity contribution in [3.63, 3.8) is 0 Å². The molecular formula is C12H18ClIN2O. The molecule has 0 amide bonds. The van der Waals surface area contributed by atoms with Crippen molar-refractivity contribution in [2.75, 3.05) is 6.61 Å². The summed E-state index contributed by atoms with van der Waals surface area (Å²) >= 11 is 8.35. The standard InChI is InChI=1S/C12H18ClIN2O/c1-4-7-8-10(14)11(13)16-12(15-8)9(5-2)17-6-3/h9H,4-7H2,1-3H3. The van der Waals surface area contributed by atoms with E-state index in [1.807, 2.05) is 6.92 Å². The molecule has 96 valence electrons. The molecule has 0 aliphatic carbocycles. The van der Waals surface area contributed by atoms with Crippen LogP contribution in [0.3, 0.4) is 0 Å². The third kappa shape index (κ3) is 4.03. The molecule has 0 saturated heterocycles. The Kier molecular flexibility index (Phi) is 6.66. The van der Waals surface area contributed by atoms with Crippen LogP contribution in [0.15, 0.2) is 0 Å². The van der Waals surface area contributed by atoms with E-state index in [0.29, 0.717) is 17.6 Å². The van der Waals surface area contributed by atoms with Crippen LogP contribution < -0.4 is 0 Å². The van der Waals surface area contributed by atoms with E-state index in [2.05, 4.69) is 46.4 Å². The van der Waals surface area contributed by atoms with Gasteiger partial charge in [-0.05, 0) is 42.4 Å². The summed E-state index contributed by atoms with van der Waals surface area (Å²) in [6.07, 6.45) is 2.78. The maximum atomic E-state index is 6.14. The molecule has 0 radical (unpaired) electrons. The van der Waals surface area contributed by atoms with Crippen LogP contribution in [-0.2, 0) is 11.2 Å². The zero-order chi connectivity index (χ0) is 12.8. The molecule has 0 fully saturated rings. The Morgan fingerprint density at radius 1 is 1.29 bits per heavy atom. The molecular weight excluding hydrogens is 351 g/mol. The highest BCUT2D eigenvalue weighted by molar-refractivity contribution is 14.1. The lowest BCUT2D eigenvalue weighted by molar-refractivity contribution is 0.0533. The summed E-state index contributed by atoms with van der Waals surface area (Å²) in [5, 5.41) is 0.539. The van der Waals surface area contributed by atoms with Gasteiger partial charge in [-0.15, -0.1) is 0 Å². The van der Waals surface area contributed by atoms with Crippen molar-refractivity contribution in [3.8, 4) is 0 Å². The summed E-state index contributed by atoms with van der Waals surface area (Å²) in [4.78, 5) is 8.91. The number of hydrogen-bond donors (Lipinski definition) is 0. The molecule has 1 aromatic rings. The van der Waals surface area contributed by atoms with Gasteiger partial charge < -0.3 is 4.74 Å². The van der Waals surface area contributed by atoms with Crippen molar-refractivity contribution in [1.82, 2.24) is 9.97 Å². The van der Waals surface area contributed by atoms with Crippen LogP contribution in [0.25, 0.3) is 0 Å². The van der Waals surface area contributed by atoms with Crippen molar-refractivity contribution in [1.29, 1.82) is 0 Å². The number of hydrogen-bond acceptors (Lipinski definition) is 3.